The minimum absolute atomic E-state index is 0.0866. The summed E-state index contributed by atoms with van der Waals surface area (Å²) < 4.78 is 0.664. The lowest BCUT2D eigenvalue weighted by molar-refractivity contribution is -0.151. The van der Waals surface area contributed by atoms with Gasteiger partial charge in [0, 0.05) is 24.1 Å². The maximum Gasteiger partial charge on any atom is 0.352 e. The summed E-state index contributed by atoms with van der Waals surface area (Å²) >= 11 is 3.94. The number of carboxylic acid groups (broad SMARTS) is 1. The number of thioether (sulfide) groups is 2. The van der Waals surface area contributed by atoms with Gasteiger partial charge in [-0.3, -0.25) is 24.2 Å². The number of nitrogens with one attached hydrogen (secondary N) is 2. The molecule has 0 bridgehead atoms. The zero-order chi connectivity index (χ0) is 31.5. The molecule has 0 aliphatic carbocycles. The van der Waals surface area contributed by atoms with Crippen molar-refractivity contribution in [2.24, 2.45) is 0 Å². The second kappa shape index (κ2) is 12.9. The van der Waals surface area contributed by atoms with Crippen molar-refractivity contribution < 1.29 is 39.3 Å². The lowest BCUT2D eigenvalue weighted by Gasteiger charge is -2.49. The normalized spacial score (nSPS) is 18.1. The maximum absolute atomic E-state index is 13.5. The van der Waals surface area contributed by atoms with E-state index in [9.17, 15) is 39.3 Å². The van der Waals surface area contributed by atoms with E-state index in [0.717, 1.165) is 17.0 Å². The molecule has 1 saturated heterocycles. The number of β-lactam (4-membered cyclic amide) rings is 1. The number of carboxylic acids is 1. The molecule has 17 heteroatoms. The fraction of sp³-hybridized carbons (Fsp3) is 0.222. The van der Waals surface area contributed by atoms with Crippen LogP contribution in [0, 0.1) is 0 Å². The Morgan fingerprint density at radius 2 is 1.89 bits per heavy atom. The van der Waals surface area contributed by atoms with Gasteiger partial charge in [-0.1, -0.05) is 53.4 Å². The zero-order valence-corrected chi connectivity index (χ0v) is 25.2. The summed E-state index contributed by atoms with van der Waals surface area (Å²) in [5.41, 5.74) is 2.26. The van der Waals surface area contributed by atoms with Crippen LogP contribution in [-0.2, 0) is 14.4 Å². The molecule has 44 heavy (non-hydrogen) atoms. The van der Waals surface area contributed by atoms with Crippen LogP contribution in [0.15, 0.2) is 69.7 Å². The zero-order valence-electron chi connectivity index (χ0n) is 22.7. The first-order chi connectivity index (χ1) is 21.1. The molecule has 5 N–H and O–H groups in total. The van der Waals surface area contributed by atoms with E-state index in [4.69, 9.17) is 0 Å². The Bertz CT molecular complexity index is 1650. The Morgan fingerprint density at radius 3 is 2.55 bits per heavy atom. The minimum Gasteiger partial charge on any atom is -0.504 e. The first-order valence-electron chi connectivity index (χ1n) is 12.8. The van der Waals surface area contributed by atoms with Gasteiger partial charge in [-0.2, -0.15) is 0 Å². The van der Waals surface area contributed by atoms with Crippen molar-refractivity contribution in [1.82, 2.24) is 30.6 Å². The van der Waals surface area contributed by atoms with Gasteiger partial charge in [0.05, 0.1) is 0 Å². The van der Waals surface area contributed by atoms with Gasteiger partial charge in [0.2, 0.25) is 5.91 Å². The number of phenols is 2. The van der Waals surface area contributed by atoms with Gasteiger partial charge in [-0.25, -0.2) is 9.59 Å². The summed E-state index contributed by atoms with van der Waals surface area (Å²) in [6.45, 7) is 0. The molecule has 5 amide bonds. The third-order valence-electron chi connectivity index (χ3n) is 6.75. The topological polar surface area (TPSA) is 202 Å². The second-order valence-corrected chi connectivity index (χ2v) is 12.7. The van der Waals surface area contributed by atoms with Crippen molar-refractivity contribution in [3.8, 4) is 11.5 Å². The molecule has 5 rings (SSSR count). The number of rotatable bonds is 9. The molecule has 2 aromatic carbocycles. The number of urea groups is 1. The predicted molar refractivity (Wildman–Crippen MR) is 160 cm³/mol. The van der Waals surface area contributed by atoms with Crippen molar-refractivity contribution in [3.63, 3.8) is 0 Å². The summed E-state index contributed by atoms with van der Waals surface area (Å²) in [4.78, 5) is 66.7. The van der Waals surface area contributed by atoms with Crippen LogP contribution in [-0.4, -0.2) is 95.0 Å². The number of fused-ring (bicyclic) bond motifs is 1. The SMILES string of the molecule is CN(C(=O)NC(C(=O)NC1C(=O)N2C(C(=O)O)=C(CSc3nncs3)CS[C@@H]12)c1ccccc1)C(=O)c1ccc(O)c(O)c1. The van der Waals surface area contributed by atoms with Gasteiger partial charge in [0.25, 0.3) is 11.8 Å². The molecule has 1 fully saturated rings. The summed E-state index contributed by atoms with van der Waals surface area (Å²) in [6, 6.07) is 8.16. The van der Waals surface area contributed by atoms with Crippen LogP contribution >= 0.6 is 34.9 Å². The fourth-order valence-corrected chi connectivity index (χ4v) is 7.49. The van der Waals surface area contributed by atoms with Crippen LogP contribution in [0.4, 0.5) is 4.79 Å². The number of aromatic nitrogens is 2. The van der Waals surface area contributed by atoms with E-state index in [0.29, 0.717) is 31.9 Å². The second-order valence-electron chi connectivity index (χ2n) is 9.51. The Kier molecular flexibility index (Phi) is 9.07. The maximum atomic E-state index is 13.5. The molecule has 228 valence electrons. The molecule has 2 aliphatic rings. The van der Waals surface area contributed by atoms with Crippen LogP contribution in [0.3, 0.4) is 0 Å². The molecule has 3 heterocycles. The summed E-state index contributed by atoms with van der Waals surface area (Å²) in [7, 11) is 1.17. The molecule has 2 unspecified atom stereocenters. The van der Waals surface area contributed by atoms with Gasteiger partial charge >= 0.3 is 12.0 Å². The van der Waals surface area contributed by atoms with Crippen molar-refractivity contribution in [1.29, 1.82) is 0 Å². The summed E-state index contributed by atoms with van der Waals surface area (Å²) in [5.74, 6) is -3.80. The third kappa shape index (κ3) is 6.20. The summed E-state index contributed by atoms with van der Waals surface area (Å²) in [5, 5.41) is 41.4. The molecular weight excluding hydrogens is 633 g/mol. The van der Waals surface area contributed by atoms with Gasteiger partial charge < -0.3 is 26.0 Å². The van der Waals surface area contributed by atoms with Crippen LogP contribution < -0.4 is 10.6 Å². The van der Waals surface area contributed by atoms with Crippen molar-refractivity contribution in [3.05, 3.63) is 76.4 Å². The molecule has 0 radical (unpaired) electrons. The molecule has 1 aromatic heterocycles. The number of imide groups is 1. The van der Waals surface area contributed by atoms with Gasteiger partial charge in [0.15, 0.2) is 15.8 Å². The van der Waals surface area contributed by atoms with E-state index in [1.54, 1.807) is 35.8 Å². The summed E-state index contributed by atoms with van der Waals surface area (Å²) in [6.07, 6.45) is 0. The van der Waals surface area contributed by atoms with Gasteiger partial charge in [0.1, 0.15) is 28.7 Å². The molecular formula is C27H24N6O8S3. The Morgan fingerprint density at radius 1 is 1.14 bits per heavy atom. The quantitative estimate of drug-likeness (QED) is 0.128. The number of phenolic OH excluding ortho intramolecular Hbond substituents is 2. The van der Waals surface area contributed by atoms with E-state index < -0.39 is 58.7 Å². The molecule has 14 nitrogen and oxygen atoms in total. The highest BCUT2D eigenvalue weighted by atomic mass is 32.2. The van der Waals surface area contributed by atoms with E-state index >= 15 is 0 Å². The van der Waals surface area contributed by atoms with E-state index in [1.807, 2.05) is 0 Å². The number of hydrogen-bond acceptors (Lipinski definition) is 12. The Labute approximate surface area is 262 Å². The predicted octanol–water partition coefficient (Wildman–Crippen LogP) is 2.00. The van der Waals surface area contributed by atoms with Crippen LogP contribution in [0.2, 0.25) is 0 Å². The largest absolute Gasteiger partial charge is 0.504 e. The molecule has 3 aromatic rings. The molecule has 3 atom stereocenters. The molecule has 0 spiro atoms. The number of aliphatic carboxylic acids is 1. The number of carbonyl (C=O) groups is 5. The lowest BCUT2D eigenvalue weighted by atomic mass is 10.0. The monoisotopic (exact) mass is 656 g/mol. The Hall–Kier alpha value is -4.61. The number of carbonyl (C=O) groups excluding carboxylic acids is 4. The highest BCUT2D eigenvalue weighted by molar-refractivity contribution is 8.01. The van der Waals surface area contributed by atoms with Crippen molar-refractivity contribution in [2.75, 3.05) is 18.6 Å². The number of nitrogens with zero attached hydrogens (tertiary/aromatic N) is 4. The van der Waals surface area contributed by atoms with E-state index in [-0.39, 0.29) is 11.3 Å². The number of hydrogen-bond donors (Lipinski definition) is 5. The first-order valence-corrected chi connectivity index (χ1v) is 15.7. The smallest absolute Gasteiger partial charge is 0.352 e. The molecule has 0 saturated carbocycles. The number of aromatic hydroxyl groups is 2. The number of amides is 5. The van der Waals surface area contributed by atoms with Gasteiger partial charge in [-0.15, -0.1) is 22.0 Å². The average molecular weight is 657 g/mol. The highest BCUT2D eigenvalue weighted by Crippen LogP contribution is 2.42. The van der Waals surface area contributed by atoms with Gasteiger partial charge in [-0.05, 0) is 29.3 Å². The Balaban J connectivity index is 1.30. The van der Waals surface area contributed by atoms with Crippen molar-refractivity contribution >= 4 is 64.6 Å². The highest BCUT2D eigenvalue weighted by Gasteiger charge is 2.54. The third-order valence-corrected chi connectivity index (χ3v) is 10.0. The molecule has 2 aliphatic heterocycles. The number of benzene rings is 2. The van der Waals surface area contributed by atoms with Crippen molar-refractivity contribution in [2.45, 2.75) is 21.8 Å². The minimum atomic E-state index is -1.32. The van der Waals surface area contributed by atoms with Crippen LogP contribution in [0.1, 0.15) is 22.0 Å². The lowest BCUT2D eigenvalue weighted by Crippen LogP contribution is -2.71. The van der Waals surface area contributed by atoms with E-state index in [2.05, 4.69) is 20.8 Å². The van der Waals surface area contributed by atoms with E-state index in [1.165, 1.54) is 48.0 Å². The fourth-order valence-electron chi connectivity index (χ4n) is 4.51. The van der Waals surface area contributed by atoms with Crippen LogP contribution in [0.25, 0.3) is 0 Å². The first kappa shape index (κ1) is 30.8. The average Bonchev–Trinajstić information content (AvgIpc) is 3.55. The van der Waals surface area contributed by atoms with Crippen LogP contribution in [0.5, 0.6) is 11.5 Å². The standard InChI is InChI=1S/C27H24N6O8S3/c1-32(22(37)14-7-8-16(34)17(35)9-14)26(41)30-18(13-5-3-2-4-6-13)21(36)29-19-23(38)33-20(25(39)40)15(10-42-24(19)33)11-43-27-31-28-12-44-27/h2-9,12,18-19,24,34-35H,10-11H2,1H3,(H,29,36)(H,30,41)(H,39,40)/t18?,19?,24-/m0/s1.